The second-order valence-electron chi connectivity index (χ2n) is 6.65. The van der Waals surface area contributed by atoms with E-state index in [1.807, 2.05) is 38.4 Å². The van der Waals surface area contributed by atoms with Gasteiger partial charge in [0.25, 0.3) is 0 Å². The number of guanidine groups is 1. The third-order valence-corrected chi connectivity index (χ3v) is 5.19. The van der Waals surface area contributed by atoms with E-state index in [9.17, 15) is 0 Å². The quantitative estimate of drug-likeness (QED) is 0.372. The Morgan fingerprint density at radius 1 is 1.35 bits per heavy atom. The number of benzene rings is 1. The Hall–Kier alpha value is -0.770. The molecule has 0 saturated carbocycles. The van der Waals surface area contributed by atoms with Crippen molar-refractivity contribution in [1.29, 1.82) is 0 Å². The van der Waals surface area contributed by atoms with Crippen molar-refractivity contribution < 1.29 is 4.74 Å². The summed E-state index contributed by atoms with van der Waals surface area (Å²) in [4.78, 5) is 11.6. The van der Waals surface area contributed by atoms with Crippen LogP contribution in [0.1, 0.15) is 0 Å². The van der Waals surface area contributed by atoms with Crippen molar-refractivity contribution in [3.63, 3.8) is 0 Å². The van der Waals surface area contributed by atoms with Crippen molar-refractivity contribution in [1.82, 2.24) is 20.0 Å². The summed E-state index contributed by atoms with van der Waals surface area (Å²) in [6.07, 6.45) is 0. The molecule has 2 bridgehead atoms. The Balaban J connectivity index is 0.00000243. The van der Waals surface area contributed by atoms with Gasteiger partial charge in [0.05, 0.1) is 6.54 Å². The first-order valence-electron chi connectivity index (χ1n) is 8.92. The molecule has 0 amide bonds. The Bertz CT molecular complexity index is 595. The lowest BCUT2D eigenvalue weighted by atomic mass is 10.1. The van der Waals surface area contributed by atoms with Crippen LogP contribution >= 0.6 is 35.6 Å². The molecule has 146 valence electrons. The van der Waals surface area contributed by atoms with Crippen molar-refractivity contribution in [3.8, 4) is 5.75 Å². The third-order valence-electron chi connectivity index (χ3n) is 4.95. The molecule has 1 aromatic carbocycles. The number of ether oxygens (including phenoxy) is 1. The second kappa shape index (κ2) is 10.5. The highest BCUT2D eigenvalue weighted by molar-refractivity contribution is 14.0. The summed E-state index contributed by atoms with van der Waals surface area (Å²) in [7, 11) is 3.86. The Kier molecular flexibility index (Phi) is 8.72. The fourth-order valence-electron chi connectivity index (χ4n) is 3.48. The molecule has 3 saturated heterocycles. The zero-order valence-corrected chi connectivity index (χ0v) is 18.6. The summed E-state index contributed by atoms with van der Waals surface area (Å²) in [6, 6.07) is 8.06. The molecule has 1 aromatic rings. The van der Waals surface area contributed by atoms with Gasteiger partial charge in [0.15, 0.2) is 5.96 Å². The standard InChI is InChI=1S/C18H28ClN5O.HI/c1-20-18(21-13-16-14-23-6-8-24(16)9-7-23)22(2)10-11-25-17-5-3-4-15(19)12-17;/h3-5,12,16H,6-11,13-14H2,1-2H3,(H,20,21);1H. The molecule has 0 aliphatic carbocycles. The first kappa shape index (κ1) is 21.5. The van der Waals surface area contributed by atoms with Crippen LogP contribution in [0.25, 0.3) is 0 Å². The maximum atomic E-state index is 5.97. The first-order chi connectivity index (χ1) is 12.2. The molecule has 4 rings (SSSR count). The van der Waals surface area contributed by atoms with Crippen molar-refractivity contribution in [3.05, 3.63) is 29.3 Å². The normalized spacial score (nSPS) is 24.7. The molecular formula is C18H29ClIN5O. The molecule has 1 unspecified atom stereocenters. The number of hydrogen-bond donors (Lipinski definition) is 1. The van der Waals surface area contributed by atoms with Gasteiger partial charge >= 0.3 is 0 Å². The van der Waals surface area contributed by atoms with E-state index in [4.69, 9.17) is 16.3 Å². The van der Waals surface area contributed by atoms with Crippen molar-refractivity contribution in [2.75, 3.05) is 66.5 Å². The number of nitrogens with zero attached hydrogens (tertiary/aromatic N) is 4. The molecule has 1 atom stereocenters. The van der Waals surface area contributed by atoms with Crippen molar-refractivity contribution >= 4 is 41.5 Å². The largest absolute Gasteiger partial charge is 0.492 e. The number of fused-ring (bicyclic) bond motifs is 3. The molecule has 3 aliphatic heterocycles. The van der Waals surface area contributed by atoms with E-state index in [1.165, 1.54) is 26.2 Å². The third kappa shape index (κ3) is 5.87. The fraction of sp³-hybridized carbons (Fsp3) is 0.611. The molecule has 0 spiro atoms. The minimum atomic E-state index is 0. The highest BCUT2D eigenvalue weighted by Gasteiger charge is 2.31. The number of aliphatic imine (C=N–C) groups is 1. The van der Waals surface area contributed by atoms with Gasteiger partial charge in [-0.2, -0.15) is 0 Å². The minimum absolute atomic E-state index is 0. The molecule has 0 aromatic heterocycles. The van der Waals surface area contributed by atoms with E-state index >= 15 is 0 Å². The van der Waals surface area contributed by atoms with E-state index in [2.05, 4.69) is 25.0 Å². The molecule has 6 nitrogen and oxygen atoms in total. The van der Waals surface area contributed by atoms with Gasteiger partial charge in [-0.3, -0.25) is 14.8 Å². The van der Waals surface area contributed by atoms with Crippen LogP contribution in [0.15, 0.2) is 29.3 Å². The van der Waals surface area contributed by atoms with Gasteiger partial charge in [0.1, 0.15) is 12.4 Å². The van der Waals surface area contributed by atoms with Gasteiger partial charge in [0, 0.05) is 64.4 Å². The van der Waals surface area contributed by atoms with E-state index < -0.39 is 0 Å². The van der Waals surface area contributed by atoms with Crippen LogP contribution in [-0.2, 0) is 0 Å². The van der Waals surface area contributed by atoms with Crippen LogP contribution in [0.5, 0.6) is 5.75 Å². The minimum Gasteiger partial charge on any atom is -0.492 e. The summed E-state index contributed by atoms with van der Waals surface area (Å²) in [5.74, 6) is 1.70. The number of halogens is 2. The Labute approximate surface area is 178 Å². The van der Waals surface area contributed by atoms with Crippen molar-refractivity contribution in [2.24, 2.45) is 4.99 Å². The van der Waals surface area contributed by atoms with E-state index in [-0.39, 0.29) is 24.0 Å². The predicted octanol–water partition coefficient (Wildman–Crippen LogP) is 1.84. The highest BCUT2D eigenvalue weighted by Crippen LogP contribution is 2.17. The van der Waals surface area contributed by atoms with Gasteiger partial charge in [-0.1, -0.05) is 17.7 Å². The van der Waals surface area contributed by atoms with E-state index in [1.54, 1.807) is 0 Å². The maximum Gasteiger partial charge on any atom is 0.193 e. The number of likely N-dealkylation sites (N-methyl/N-ethyl adjacent to an activating group) is 1. The lowest BCUT2D eigenvalue weighted by Crippen LogP contribution is -2.63. The molecule has 8 heteroatoms. The van der Waals surface area contributed by atoms with Crippen LogP contribution in [0.4, 0.5) is 0 Å². The average Bonchev–Trinajstić information content (AvgIpc) is 2.63. The second-order valence-corrected chi connectivity index (χ2v) is 7.08. The molecule has 3 aliphatic rings. The topological polar surface area (TPSA) is 43.3 Å². The van der Waals surface area contributed by atoms with Crippen LogP contribution in [0.3, 0.4) is 0 Å². The maximum absolute atomic E-state index is 5.97. The van der Waals surface area contributed by atoms with Gasteiger partial charge in [-0.25, -0.2) is 0 Å². The Morgan fingerprint density at radius 3 is 2.73 bits per heavy atom. The molecule has 0 radical (unpaired) electrons. The van der Waals surface area contributed by atoms with Crippen LogP contribution < -0.4 is 10.1 Å². The zero-order chi connectivity index (χ0) is 17.6. The van der Waals surface area contributed by atoms with Gasteiger partial charge in [-0.15, -0.1) is 24.0 Å². The molecule has 26 heavy (non-hydrogen) atoms. The smallest absolute Gasteiger partial charge is 0.193 e. The molecule has 3 fully saturated rings. The SMILES string of the molecule is CN=C(NCC1CN2CCN1CC2)N(C)CCOc1cccc(Cl)c1.I. The average molecular weight is 494 g/mol. The van der Waals surface area contributed by atoms with Gasteiger partial charge in [0.2, 0.25) is 0 Å². The number of nitrogens with one attached hydrogen (secondary N) is 1. The number of hydrogen-bond acceptors (Lipinski definition) is 4. The molecular weight excluding hydrogens is 465 g/mol. The monoisotopic (exact) mass is 493 g/mol. The Morgan fingerprint density at radius 2 is 2.12 bits per heavy atom. The highest BCUT2D eigenvalue weighted by atomic mass is 127. The molecule has 3 heterocycles. The van der Waals surface area contributed by atoms with Gasteiger partial charge in [-0.05, 0) is 18.2 Å². The number of rotatable bonds is 6. The molecule has 1 N–H and O–H groups in total. The fourth-order valence-corrected chi connectivity index (χ4v) is 3.66. The summed E-state index contributed by atoms with van der Waals surface area (Å²) in [6.45, 7) is 8.24. The summed E-state index contributed by atoms with van der Waals surface area (Å²) >= 11 is 5.97. The van der Waals surface area contributed by atoms with E-state index in [0.29, 0.717) is 17.7 Å². The summed E-state index contributed by atoms with van der Waals surface area (Å²) in [5.41, 5.74) is 0. The van der Waals surface area contributed by atoms with E-state index in [0.717, 1.165) is 31.3 Å². The van der Waals surface area contributed by atoms with Crippen LogP contribution in [0, 0.1) is 0 Å². The lowest BCUT2D eigenvalue weighted by molar-refractivity contribution is 0.0152. The number of piperazine rings is 3. The zero-order valence-electron chi connectivity index (χ0n) is 15.5. The summed E-state index contributed by atoms with van der Waals surface area (Å²) in [5, 5.41) is 4.20. The van der Waals surface area contributed by atoms with Crippen LogP contribution in [0.2, 0.25) is 5.02 Å². The van der Waals surface area contributed by atoms with Gasteiger partial charge < -0.3 is 15.0 Å². The predicted molar refractivity (Wildman–Crippen MR) is 118 cm³/mol. The van der Waals surface area contributed by atoms with Crippen LogP contribution in [-0.4, -0.2) is 93.2 Å². The summed E-state index contributed by atoms with van der Waals surface area (Å²) < 4.78 is 5.76. The first-order valence-corrected chi connectivity index (χ1v) is 9.30. The van der Waals surface area contributed by atoms with Crippen molar-refractivity contribution in [2.45, 2.75) is 6.04 Å². The lowest BCUT2D eigenvalue weighted by Gasteiger charge is -2.47.